The summed E-state index contributed by atoms with van der Waals surface area (Å²) in [6, 6.07) is 14.7. The monoisotopic (exact) mass is 541 g/mol. The van der Waals surface area contributed by atoms with Crippen LogP contribution in [0.25, 0.3) is 0 Å². The van der Waals surface area contributed by atoms with Crippen LogP contribution in [0.15, 0.2) is 66.7 Å². The number of carbonyl (C=O) groups is 1. The van der Waals surface area contributed by atoms with Gasteiger partial charge < -0.3 is 4.90 Å². The summed E-state index contributed by atoms with van der Waals surface area (Å²) in [6.45, 7) is 6.14. The maximum Gasteiger partial charge on any atom is 0.416 e. The summed E-state index contributed by atoms with van der Waals surface area (Å²) in [6.07, 6.45) is -9.14. The number of rotatable bonds is 6. The number of amides is 1. The van der Waals surface area contributed by atoms with Gasteiger partial charge in [0, 0.05) is 13.1 Å². The molecule has 0 aliphatic rings. The minimum Gasteiger partial charge on any atom is -0.334 e. The van der Waals surface area contributed by atoms with Crippen LogP contribution in [0.5, 0.6) is 0 Å². The second kappa shape index (κ2) is 10.8. The fraction of sp³-hybridized carbons (Fsp3) is 0.321. The second-order valence-electron chi connectivity index (χ2n) is 9.81. The van der Waals surface area contributed by atoms with Crippen molar-refractivity contribution < 1.29 is 31.1 Å². The number of hydrogen-bond donors (Lipinski definition) is 0. The summed E-state index contributed by atoms with van der Waals surface area (Å²) < 4.78 is 79.2. The number of carbonyl (C=O) groups excluding carboxylic acids is 1. The molecule has 198 valence electrons. The van der Waals surface area contributed by atoms with Crippen LogP contribution < -0.4 is 0 Å². The van der Waals surface area contributed by atoms with Crippen molar-refractivity contribution in [2.24, 2.45) is 0 Å². The van der Waals surface area contributed by atoms with Crippen LogP contribution in [0.1, 0.15) is 58.9 Å². The third-order valence-electron chi connectivity index (χ3n) is 5.93. The fourth-order valence-corrected chi connectivity index (χ4v) is 3.98. The molecule has 0 bridgehead atoms. The van der Waals surface area contributed by atoms with Crippen LogP contribution in [-0.2, 0) is 30.7 Å². The molecule has 0 spiro atoms. The van der Waals surface area contributed by atoms with Gasteiger partial charge in [0.05, 0.1) is 21.7 Å². The zero-order chi connectivity index (χ0) is 27.6. The van der Waals surface area contributed by atoms with Gasteiger partial charge in [-0.2, -0.15) is 26.3 Å². The summed E-state index contributed by atoms with van der Waals surface area (Å²) in [5, 5.41) is -0.148. The standard InChI is InChI=1S/C28H26ClF6NO/c1-26(2,3)20-9-7-19(8-10-20)17-36(14-13-18-5-4-6-21(15-18)27(30,31)32)25(37)23-16-22(28(33,34)35)11-12-24(23)29/h4-12,15-16H,13-14,17H2,1-3H3. The van der Waals surface area contributed by atoms with Crippen molar-refractivity contribution >= 4 is 17.5 Å². The quantitative estimate of drug-likeness (QED) is 0.286. The number of nitrogens with zero attached hydrogens (tertiary/aromatic N) is 1. The number of alkyl halides is 6. The van der Waals surface area contributed by atoms with Gasteiger partial charge in [0.15, 0.2) is 0 Å². The van der Waals surface area contributed by atoms with E-state index >= 15 is 0 Å². The Morgan fingerprint density at radius 1 is 0.757 bits per heavy atom. The molecule has 9 heteroatoms. The predicted molar refractivity (Wildman–Crippen MR) is 131 cm³/mol. The SMILES string of the molecule is CC(C)(C)c1ccc(CN(CCc2cccc(C(F)(F)F)c2)C(=O)c2cc(C(F)(F)F)ccc2Cl)cc1. The number of hydrogen-bond acceptors (Lipinski definition) is 1. The average Bonchev–Trinajstić information content (AvgIpc) is 2.80. The first kappa shape index (κ1) is 28.6. The molecule has 0 heterocycles. The van der Waals surface area contributed by atoms with E-state index in [0.29, 0.717) is 17.2 Å². The van der Waals surface area contributed by atoms with Gasteiger partial charge in [0.2, 0.25) is 0 Å². The molecule has 3 rings (SSSR count). The lowest BCUT2D eigenvalue weighted by molar-refractivity contribution is -0.138. The normalized spacial score (nSPS) is 12.5. The maximum absolute atomic E-state index is 13.4. The topological polar surface area (TPSA) is 20.3 Å². The second-order valence-corrected chi connectivity index (χ2v) is 10.2. The van der Waals surface area contributed by atoms with Crippen molar-refractivity contribution in [3.8, 4) is 0 Å². The van der Waals surface area contributed by atoms with Crippen LogP contribution in [0.3, 0.4) is 0 Å². The number of benzene rings is 3. The van der Waals surface area contributed by atoms with Crippen LogP contribution in [0.2, 0.25) is 5.02 Å². The lowest BCUT2D eigenvalue weighted by atomic mass is 9.87. The van der Waals surface area contributed by atoms with Gasteiger partial charge in [-0.05, 0) is 52.8 Å². The van der Waals surface area contributed by atoms with Crippen molar-refractivity contribution in [1.82, 2.24) is 4.90 Å². The summed E-state index contributed by atoms with van der Waals surface area (Å²) in [5.41, 5.74) is -0.164. The Labute approximate surface area is 216 Å². The molecule has 0 N–H and O–H groups in total. The molecule has 1 amide bonds. The largest absolute Gasteiger partial charge is 0.416 e. The molecule has 0 fully saturated rings. The molecular formula is C28H26ClF6NO. The van der Waals surface area contributed by atoms with E-state index in [0.717, 1.165) is 29.8 Å². The third kappa shape index (κ3) is 7.51. The van der Waals surface area contributed by atoms with E-state index in [4.69, 9.17) is 11.6 Å². The third-order valence-corrected chi connectivity index (χ3v) is 6.26. The highest BCUT2D eigenvalue weighted by Crippen LogP contribution is 2.33. The van der Waals surface area contributed by atoms with E-state index in [-0.39, 0.29) is 35.5 Å². The first-order valence-corrected chi connectivity index (χ1v) is 11.8. The van der Waals surface area contributed by atoms with E-state index in [1.165, 1.54) is 17.0 Å². The van der Waals surface area contributed by atoms with Gasteiger partial charge in [0.25, 0.3) is 5.91 Å². The van der Waals surface area contributed by atoms with E-state index in [1.54, 1.807) is 0 Å². The first-order valence-electron chi connectivity index (χ1n) is 11.5. The zero-order valence-corrected chi connectivity index (χ0v) is 21.2. The molecule has 0 saturated carbocycles. The van der Waals surface area contributed by atoms with E-state index < -0.39 is 29.4 Å². The predicted octanol–water partition coefficient (Wildman–Crippen LogP) is 8.56. The van der Waals surface area contributed by atoms with Crippen molar-refractivity contribution in [2.45, 2.75) is 51.5 Å². The molecule has 0 aromatic heterocycles. The highest BCUT2D eigenvalue weighted by Gasteiger charge is 2.33. The lowest BCUT2D eigenvalue weighted by Gasteiger charge is -2.25. The Morgan fingerprint density at radius 2 is 1.32 bits per heavy atom. The zero-order valence-electron chi connectivity index (χ0n) is 20.5. The van der Waals surface area contributed by atoms with Gasteiger partial charge in [-0.15, -0.1) is 0 Å². The molecule has 0 aliphatic heterocycles. The van der Waals surface area contributed by atoms with E-state index in [1.807, 2.05) is 45.0 Å². The van der Waals surface area contributed by atoms with Crippen LogP contribution in [0.4, 0.5) is 26.3 Å². The van der Waals surface area contributed by atoms with Gasteiger partial charge in [0.1, 0.15) is 0 Å². The molecule has 3 aromatic carbocycles. The Balaban J connectivity index is 1.93. The molecule has 0 saturated heterocycles. The summed E-state index contributed by atoms with van der Waals surface area (Å²) in [5.74, 6) is -0.747. The Hall–Kier alpha value is -3.00. The number of halogens is 7. The van der Waals surface area contributed by atoms with Crippen molar-refractivity contribution in [2.75, 3.05) is 6.54 Å². The van der Waals surface area contributed by atoms with Crippen molar-refractivity contribution in [1.29, 1.82) is 0 Å². The molecule has 0 unspecified atom stereocenters. The van der Waals surface area contributed by atoms with Gasteiger partial charge in [-0.25, -0.2) is 0 Å². The Morgan fingerprint density at radius 3 is 1.89 bits per heavy atom. The molecule has 0 aliphatic carbocycles. The van der Waals surface area contributed by atoms with E-state index in [2.05, 4.69) is 0 Å². The van der Waals surface area contributed by atoms with Crippen LogP contribution in [0, 0.1) is 0 Å². The molecule has 2 nitrogen and oxygen atoms in total. The summed E-state index contributed by atoms with van der Waals surface area (Å²) >= 11 is 6.11. The van der Waals surface area contributed by atoms with Gasteiger partial charge in [-0.1, -0.05) is 74.8 Å². The minimum absolute atomic E-state index is 0.0340. The highest BCUT2D eigenvalue weighted by atomic mass is 35.5. The summed E-state index contributed by atoms with van der Waals surface area (Å²) in [4.78, 5) is 14.7. The molecule has 0 radical (unpaired) electrons. The van der Waals surface area contributed by atoms with E-state index in [9.17, 15) is 31.1 Å². The maximum atomic E-state index is 13.4. The molecule has 3 aromatic rings. The molecular weight excluding hydrogens is 516 g/mol. The van der Waals surface area contributed by atoms with Gasteiger partial charge >= 0.3 is 12.4 Å². The Bertz CT molecular complexity index is 1240. The van der Waals surface area contributed by atoms with Crippen molar-refractivity contribution in [3.63, 3.8) is 0 Å². The molecule has 37 heavy (non-hydrogen) atoms. The smallest absolute Gasteiger partial charge is 0.334 e. The first-order chi connectivity index (χ1) is 17.1. The van der Waals surface area contributed by atoms with Gasteiger partial charge in [-0.3, -0.25) is 4.79 Å². The van der Waals surface area contributed by atoms with Crippen LogP contribution >= 0.6 is 11.6 Å². The van der Waals surface area contributed by atoms with Crippen LogP contribution in [-0.4, -0.2) is 17.4 Å². The lowest BCUT2D eigenvalue weighted by Crippen LogP contribution is -2.33. The summed E-state index contributed by atoms with van der Waals surface area (Å²) in [7, 11) is 0. The fourth-order valence-electron chi connectivity index (χ4n) is 3.79. The molecule has 0 atom stereocenters. The van der Waals surface area contributed by atoms with Crippen molar-refractivity contribution in [3.05, 3.63) is 105 Å². The highest BCUT2D eigenvalue weighted by molar-refractivity contribution is 6.33. The minimum atomic E-state index is -4.68. The average molecular weight is 542 g/mol. The Kier molecular flexibility index (Phi) is 8.32.